The number of halogens is 1. The van der Waals surface area contributed by atoms with E-state index in [-0.39, 0.29) is 52.3 Å². The molecule has 1 saturated heterocycles. The summed E-state index contributed by atoms with van der Waals surface area (Å²) in [5, 5.41) is 1.96. The second-order valence-electron chi connectivity index (χ2n) is 7.30. The third-order valence-electron chi connectivity index (χ3n) is 5.53. The Kier molecular flexibility index (Phi) is 3.49. The van der Waals surface area contributed by atoms with Gasteiger partial charge in [0.05, 0.1) is 11.4 Å². The standard InChI is InChI=1S/C17H19FN6O4/c1-6-5-27-15-12-8(14(25)9-16(26)22-28-17(9)24(6)12)11(21-20)10(18)13(15)23-3-2-7(19)4-23/h6-7,21H,2-5,19-20H2,1H3,(H,22,26). The zero-order valence-electron chi connectivity index (χ0n) is 15.0. The Labute approximate surface area is 156 Å². The Morgan fingerprint density at radius 1 is 1.32 bits per heavy atom. The predicted molar refractivity (Wildman–Crippen MR) is 101 cm³/mol. The summed E-state index contributed by atoms with van der Waals surface area (Å²) in [4.78, 5) is 27.0. The normalized spacial score (nSPS) is 21.5. The van der Waals surface area contributed by atoms with Crippen molar-refractivity contribution < 1.29 is 13.7 Å². The highest BCUT2D eigenvalue weighted by atomic mass is 19.1. The van der Waals surface area contributed by atoms with E-state index in [1.165, 1.54) is 0 Å². The molecule has 0 bridgehead atoms. The van der Waals surface area contributed by atoms with Gasteiger partial charge in [-0.3, -0.25) is 20.0 Å². The van der Waals surface area contributed by atoms with Crippen molar-refractivity contribution in [2.45, 2.75) is 25.4 Å². The van der Waals surface area contributed by atoms with Gasteiger partial charge in [-0.25, -0.2) is 4.39 Å². The lowest BCUT2D eigenvalue weighted by molar-refractivity contribution is 0.244. The maximum absolute atomic E-state index is 15.5. The molecular formula is C17H19FN6O4. The first-order chi connectivity index (χ1) is 13.4. The molecule has 1 aromatic carbocycles. The van der Waals surface area contributed by atoms with E-state index >= 15 is 4.39 Å². The molecule has 0 saturated carbocycles. The lowest BCUT2D eigenvalue weighted by atomic mass is 10.0. The monoisotopic (exact) mass is 390 g/mol. The number of ether oxygens (including phenoxy) is 1. The lowest BCUT2D eigenvalue weighted by Crippen LogP contribution is -2.31. The summed E-state index contributed by atoms with van der Waals surface area (Å²) in [5.41, 5.74) is 7.40. The number of nitrogen functional groups attached to an aromatic ring is 1. The van der Waals surface area contributed by atoms with Crippen molar-refractivity contribution in [2.75, 3.05) is 30.0 Å². The minimum absolute atomic E-state index is 0.0480. The third kappa shape index (κ3) is 2.02. The van der Waals surface area contributed by atoms with E-state index in [0.29, 0.717) is 25.0 Å². The quantitative estimate of drug-likeness (QED) is 0.362. The van der Waals surface area contributed by atoms with Crippen LogP contribution in [0.15, 0.2) is 14.1 Å². The number of aromatic amines is 1. The number of hydrogen-bond donors (Lipinski definition) is 4. The molecule has 28 heavy (non-hydrogen) atoms. The van der Waals surface area contributed by atoms with Gasteiger partial charge in [0.25, 0.3) is 5.56 Å². The average Bonchev–Trinajstić information content (AvgIpc) is 3.26. The number of H-pyrrole nitrogens is 1. The fraction of sp³-hybridized carbons (Fsp3) is 0.412. The van der Waals surface area contributed by atoms with Crippen LogP contribution >= 0.6 is 0 Å². The van der Waals surface area contributed by atoms with Crippen molar-refractivity contribution in [3.8, 4) is 5.75 Å². The number of rotatable bonds is 2. The van der Waals surface area contributed by atoms with E-state index in [1.807, 2.05) is 6.92 Å². The summed E-state index contributed by atoms with van der Waals surface area (Å²) in [6.07, 6.45) is 0.706. The van der Waals surface area contributed by atoms with Crippen LogP contribution in [0.4, 0.5) is 15.8 Å². The maximum atomic E-state index is 15.5. The smallest absolute Gasteiger partial charge is 0.293 e. The van der Waals surface area contributed by atoms with Crippen LogP contribution in [-0.2, 0) is 0 Å². The molecule has 3 aromatic rings. The molecule has 2 aliphatic heterocycles. The molecule has 4 heterocycles. The highest BCUT2D eigenvalue weighted by Gasteiger charge is 2.36. The largest absolute Gasteiger partial charge is 0.487 e. The zero-order valence-corrected chi connectivity index (χ0v) is 15.0. The molecule has 2 aromatic heterocycles. The summed E-state index contributed by atoms with van der Waals surface area (Å²) >= 11 is 0. The number of anilines is 2. The SMILES string of the molecule is CC1COc2c(N3CCC(N)C3)c(F)c(NN)c3c(=O)c4c(=O)[nH]oc4n1c23. The van der Waals surface area contributed by atoms with Crippen LogP contribution < -0.4 is 37.6 Å². The molecule has 1 fully saturated rings. The van der Waals surface area contributed by atoms with E-state index < -0.39 is 16.8 Å². The summed E-state index contributed by atoms with van der Waals surface area (Å²) in [5.74, 6) is 5.11. The number of nitrogens with one attached hydrogen (secondary N) is 2. The van der Waals surface area contributed by atoms with Crippen LogP contribution in [0.1, 0.15) is 19.4 Å². The number of nitrogens with two attached hydrogens (primary N) is 2. The topological polar surface area (TPSA) is 145 Å². The number of nitrogens with zero attached hydrogens (tertiary/aromatic N) is 2. The average molecular weight is 390 g/mol. The van der Waals surface area contributed by atoms with Gasteiger partial charge in [-0.05, 0) is 13.3 Å². The second-order valence-corrected chi connectivity index (χ2v) is 7.30. The van der Waals surface area contributed by atoms with Gasteiger partial charge in [-0.15, -0.1) is 0 Å². The number of pyridine rings is 1. The lowest BCUT2D eigenvalue weighted by Gasteiger charge is -2.31. The molecule has 0 aliphatic carbocycles. The van der Waals surface area contributed by atoms with E-state index in [4.69, 9.17) is 20.8 Å². The summed E-state index contributed by atoms with van der Waals surface area (Å²) in [6.45, 7) is 3.07. The molecule has 2 unspecified atom stereocenters. The number of benzene rings is 1. The first kappa shape index (κ1) is 17.1. The fourth-order valence-electron chi connectivity index (χ4n) is 4.26. The van der Waals surface area contributed by atoms with Crippen LogP contribution in [0.5, 0.6) is 5.75 Å². The van der Waals surface area contributed by atoms with Gasteiger partial charge >= 0.3 is 0 Å². The Morgan fingerprint density at radius 2 is 2.11 bits per heavy atom. The number of aromatic nitrogens is 2. The minimum atomic E-state index is -0.712. The van der Waals surface area contributed by atoms with Crippen molar-refractivity contribution in [2.24, 2.45) is 11.6 Å². The number of fused-ring (bicyclic) bond motifs is 2. The van der Waals surface area contributed by atoms with Gasteiger partial charge in [0.15, 0.2) is 17.0 Å². The van der Waals surface area contributed by atoms with Gasteiger partial charge < -0.3 is 25.3 Å². The van der Waals surface area contributed by atoms with E-state index in [0.717, 1.165) is 0 Å². The Balaban J connectivity index is 2.02. The van der Waals surface area contributed by atoms with Crippen LogP contribution in [0.2, 0.25) is 0 Å². The first-order valence-electron chi connectivity index (χ1n) is 8.98. The molecule has 0 radical (unpaired) electrons. The van der Waals surface area contributed by atoms with Crippen LogP contribution in [0.25, 0.3) is 22.0 Å². The van der Waals surface area contributed by atoms with E-state index in [2.05, 4.69) is 10.6 Å². The fourth-order valence-corrected chi connectivity index (χ4v) is 4.26. The Hall–Kier alpha value is -3.05. The molecule has 2 atom stereocenters. The summed E-state index contributed by atoms with van der Waals surface area (Å²) < 4.78 is 28.4. The van der Waals surface area contributed by atoms with Crippen molar-refractivity contribution in [1.29, 1.82) is 0 Å². The number of hydrogen-bond acceptors (Lipinski definition) is 8. The predicted octanol–water partition coefficient (Wildman–Crippen LogP) is 0.352. The van der Waals surface area contributed by atoms with Crippen molar-refractivity contribution in [3.63, 3.8) is 0 Å². The van der Waals surface area contributed by atoms with Gasteiger partial charge in [0.1, 0.15) is 23.5 Å². The second kappa shape index (κ2) is 5.72. The zero-order chi connectivity index (χ0) is 19.7. The van der Waals surface area contributed by atoms with Crippen LogP contribution in [-0.4, -0.2) is 35.5 Å². The summed E-state index contributed by atoms with van der Waals surface area (Å²) in [7, 11) is 0. The molecule has 148 valence electrons. The highest BCUT2D eigenvalue weighted by Crippen LogP contribution is 2.47. The van der Waals surface area contributed by atoms with Crippen LogP contribution in [0.3, 0.4) is 0 Å². The van der Waals surface area contributed by atoms with Crippen molar-refractivity contribution in [3.05, 3.63) is 26.4 Å². The molecule has 0 spiro atoms. The summed E-state index contributed by atoms with van der Waals surface area (Å²) in [6, 6.07) is -0.353. The minimum Gasteiger partial charge on any atom is -0.487 e. The van der Waals surface area contributed by atoms with Gasteiger partial charge in [-0.1, -0.05) is 0 Å². The van der Waals surface area contributed by atoms with Crippen molar-refractivity contribution >= 4 is 33.4 Å². The Bertz CT molecular complexity index is 1240. The molecular weight excluding hydrogens is 371 g/mol. The highest BCUT2D eigenvalue weighted by molar-refractivity contribution is 6.05. The van der Waals surface area contributed by atoms with Crippen LogP contribution in [0, 0.1) is 5.82 Å². The molecule has 2 aliphatic rings. The molecule has 0 amide bonds. The van der Waals surface area contributed by atoms with Crippen molar-refractivity contribution in [1.82, 2.24) is 9.72 Å². The molecule has 10 nitrogen and oxygen atoms in total. The Morgan fingerprint density at radius 3 is 2.79 bits per heavy atom. The molecule has 5 rings (SSSR count). The molecule has 11 heteroatoms. The van der Waals surface area contributed by atoms with Gasteiger partial charge in [0.2, 0.25) is 11.1 Å². The molecule has 6 N–H and O–H groups in total. The first-order valence-corrected chi connectivity index (χ1v) is 8.98. The third-order valence-corrected chi connectivity index (χ3v) is 5.53. The van der Waals surface area contributed by atoms with E-state index in [1.54, 1.807) is 9.47 Å². The van der Waals surface area contributed by atoms with Gasteiger partial charge in [-0.2, -0.15) is 5.16 Å². The number of hydrazine groups is 1. The van der Waals surface area contributed by atoms with E-state index in [9.17, 15) is 9.59 Å². The maximum Gasteiger partial charge on any atom is 0.293 e. The van der Waals surface area contributed by atoms with Gasteiger partial charge in [0, 0.05) is 19.1 Å².